The minimum absolute atomic E-state index is 0.302. The van der Waals surface area contributed by atoms with Gasteiger partial charge in [0.25, 0.3) is 0 Å². The Morgan fingerprint density at radius 1 is 1.27 bits per heavy atom. The summed E-state index contributed by atoms with van der Waals surface area (Å²) in [5.74, 6) is 1.47. The molecule has 0 aromatic heterocycles. The fourth-order valence-corrected chi connectivity index (χ4v) is 2.52. The normalized spacial score (nSPS) is 25.0. The highest BCUT2D eigenvalue weighted by atomic mass is 16.1. The highest BCUT2D eigenvalue weighted by Gasteiger charge is 2.33. The summed E-state index contributed by atoms with van der Waals surface area (Å²) in [6, 6.07) is 0. The smallest absolute Gasteiger partial charge is 0.161 e. The Labute approximate surface area is 92.9 Å². The highest BCUT2D eigenvalue weighted by Crippen LogP contribution is 2.38. The maximum Gasteiger partial charge on any atom is 0.161 e. The number of carbonyl (C=O) groups excluding carboxylic acids is 1. The molecule has 0 aromatic rings. The summed E-state index contributed by atoms with van der Waals surface area (Å²) in [6.07, 6.45) is 12.1. The lowest BCUT2D eigenvalue weighted by atomic mass is 9.89. The summed E-state index contributed by atoms with van der Waals surface area (Å²) in [6.45, 7) is 2.12. The van der Waals surface area contributed by atoms with Gasteiger partial charge in [0.2, 0.25) is 0 Å². The van der Waals surface area contributed by atoms with Crippen LogP contribution in [-0.4, -0.2) is 5.78 Å². The molecule has 1 saturated carbocycles. The monoisotopic (exact) mass is 206 g/mol. The van der Waals surface area contributed by atoms with E-state index >= 15 is 0 Å². The quantitative estimate of drug-likeness (QED) is 0.685. The van der Waals surface area contributed by atoms with Gasteiger partial charge in [-0.25, -0.2) is 0 Å². The third kappa shape index (κ3) is 2.93. The first-order valence-electron chi connectivity index (χ1n) is 6.52. The number of ketones is 1. The summed E-state index contributed by atoms with van der Waals surface area (Å²) < 4.78 is 0. The van der Waals surface area contributed by atoms with Crippen LogP contribution in [0.4, 0.5) is 0 Å². The Balaban J connectivity index is 1.96. The molecule has 0 aromatic carbocycles. The molecule has 0 saturated heterocycles. The summed E-state index contributed by atoms with van der Waals surface area (Å²) in [4.78, 5) is 12.2. The van der Waals surface area contributed by atoms with Gasteiger partial charge in [-0.1, -0.05) is 25.8 Å². The van der Waals surface area contributed by atoms with Gasteiger partial charge in [-0.2, -0.15) is 0 Å². The second kappa shape index (κ2) is 4.96. The van der Waals surface area contributed by atoms with E-state index in [1.165, 1.54) is 38.5 Å². The summed E-state index contributed by atoms with van der Waals surface area (Å²) >= 11 is 0. The molecule has 15 heavy (non-hydrogen) atoms. The molecule has 0 amide bonds. The average Bonchev–Trinajstić information content (AvgIpc) is 2.98. The molecule has 0 radical (unpaired) electrons. The number of Topliss-reactive ketones (excluding diaryl/α,β-unsaturated/α-hetero) is 1. The van der Waals surface area contributed by atoms with E-state index in [4.69, 9.17) is 0 Å². The predicted octanol–water partition coefficient (Wildman–Crippen LogP) is 3.88. The van der Waals surface area contributed by atoms with Gasteiger partial charge >= 0.3 is 0 Å². The van der Waals surface area contributed by atoms with E-state index < -0.39 is 0 Å². The second-order valence-electron chi connectivity index (χ2n) is 5.17. The first-order chi connectivity index (χ1) is 7.29. The number of rotatable bonds is 3. The molecule has 0 spiro atoms. The fraction of sp³-hybridized carbons (Fsp3) is 0.786. The Morgan fingerprint density at radius 2 is 2.00 bits per heavy atom. The van der Waals surface area contributed by atoms with Crippen LogP contribution in [0.3, 0.4) is 0 Å². The summed E-state index contributed by atoms with van der Waals surface area (Å²) in [5.41, 5.74) is 1.15. The molecule has 1 heteroatoms. The Hall–Kier alpha value is -0.590. The molecule has 2 aliphatic carbocycles. The van der Waals surface area contributed by atoms with Crippen molar-refractivity contribution < 1.29 is 4.79 Å². The topological polar surface area (TPSA) is 17.1 Å². The van der Waals surface area contributed by atoms with E-state index in [9.17, 15) is 4.79 Å². The van der Waals surface area contributed by atoms with E-state index in [1.807, 2.05) is 0 Å². The number of hydrogen-bond donors (Lipinski definition) is 0. The molecule has 2 rings (SSSR count). The van der Waals surface area contributed by atoms with E-state index in [1.54, 1.807) is 0 Å². The van der Waals surface area contributed by atoms with Crippen LogP contribution in [0.5, 0.6) is 0 Å². The Kier molecular flexibility index (Phi) is 3.61. The zero-order valence-corrected chi connectivity index (χ0v) is 9.80. The maximum atomic E-state index is 12.2. The van der Waals surface area contributed by atoms with Crippen LogP contribution in [0.25, 0.3) is 0 Å². The highest BCUT2D eigenvalue weighted by molar-refractivity contribution is 5.97. The van der Waals surface area contributed by atoms with Crippen molar-refractivity contribution in [3.8, 4) is 0 Å². The molecule has 1 atom stereocenters. The van der Waals surface area contributed by atoms with E-state index in [0.717, 1.165) is 18.4 Å². The lowest BCUT2D eigenvalue weighted by molar-refractivity contribution is -0.119. The van der Waals surface area contributed by atoms with Crippen LogP contribution >= 0.6 is 0 Å². The van der Waals surface area contributed by atoms with Gasteiger partial charge in [0.15, 0.2) is 5.78 Å². The van der Waals surface area contributed by atoms with Crippen molar-refractivity contribution in [3.05, 3.63) is 11.6 Å². The van der Waals surface area contributed by atoms with Gasteiger partial charge < -0.3 is 0 Å². The minimum Gasteiger partial charge on any atom is -0.294 e. The number of carbonyl (C=O) groups is 1. The standard InChI is InChI=1S/C14H22O/c1-11(12-9-10-12)14(15)13-7-5-3-2-4-6-8-13/h7,11-12H,2-6,8-10H2,1H3. The fourth-order valence-electron chi connectivity index (χ4n) is 2.52. The SMILES string of the molecule is CC(C(=O)C1=CCCCCCC1)C1CC1. The number of allylic oxidation sites excluding steroid dienone is 2. The first-order valence-corrected chi connectivity index (χ1v) is 6.52. The van der Waals surface area contributed by atoms with E-state index in [0.29, 0.717) is 17.6 Å². The minimum atomic E-state index is 0.302. The van der Waals surface area contributed by atoms with Crippen molar-refractivity contribution in [2.24, 2.45) is 11.8 Å². The summed E-state index contributed by atoms with van der Waals surface area (Å²) in [5, 5.41) is 0. The third-order valence-corrected chi connectivity index (χ3v) is 3.85. The molecule has 0 N–H and O–H groups in total. The molecule has 1 fully saturated rings. The van der Waals surface area contributed by atoms with Crippen molar-refractivity contribution in [1.82, 2.24) is 0 Å². The molecule has 2 aliphatic rings. The van der Waals surface area contributed by atoms with Gasteiger partial charge in [0, 0.05) is 5.92 Å². The van der Waals surface area contributed by atoms with Gasteiger partial charge in [-0.05, 0) is 50.0 Å². The average molecular weight is 206 g/mol. The van der Waals surface area contributed by atoms with Crippen LogP contribution in [0.15, 0.2) is 11.6 Å². The zero-order chi connectivity index (χ0) is 10.7. The summed E-state index contributed by atoms with van der Waals surface area (Å²) in [7, 11) is 0. The van der Waals surface area contributed by atoms with Crippen molar-refractivity contribution >= 4 is 5.78 Å². The molecule has 0 bridgehead atoms. The Bertz CT molecular complexity index is 261. The zero-order valence-electron chi connectivity index (χ0n) is 9.80. The van der Waals surface area contributed by atoms with Gasteiger partial charge in [0.05, 0.1) is 0 Å². The lowest BCUT2D eigenvalue weighted by Gasteiger charge is -2.14. The number of hydrogen-bond acceptors (Lipinski definition) is 1. The molecular weight excluding hydrogens is 184 g/mol. The van der Waals surface area contributed by atoms with Crippen LogP contribution in [0.2, 0.25) is 0 Å². The Morgan fingerprint density at radius 3 is 2.73 bits per heavy atom. The van der Waals surface area contributed by atoms with E-state index in [-0.39, 0.29) is 0 Å². The van der Waals surface area contributed by atoms with Gasteiger partial charge in [0.1, 0.15) is 0 Å². The van der Waals surface area contributed by atoms with Crippen molar-refractivity contribution in [2.75, 3.05) is 0 Å². The van der Waals surface area contributed by atoms with Crippen LogP contribution in [-0.2, 0) is 4.79 Å². The van der Waals surface area contributed by atoms with Crippen molar-refractivity contribution in [2.45, 2.75) is 58.3 Å². The first kappa shape index (κ1) is 10.9. The maximum absolute atomic E-state index is 12.2. The lowest BCUT2D eigenvalue weighted by Crippen LogP contribution is -2.16. The van der Waals surface area contributed by atoms with Crippen molar-refractivity contribution in [3.63, 3.8) is 0 Å². The van der Waals surface area contributed by atoms with Crippen molar-refractivity contribution in [1.29, 1.82) is 0 Å². The largest absolute Gasteiger partial charge is 0.294 e. The molecular formula is C14H22O. The van der Waals surface area contributed by atoms with Crippen LogP contribution in [0.1, 0.15) is 58.3 Å². The van der Waals surface area contributed by atoms with E-state index in [2.05, 4.69) is 13.0 Å². The van der Waals surface area contributed by atoms with Crippen LogP contribution in [0, 0.1) is 11.8 Å². The molecule has 1 unspecified atom stereocenters. The van der Waals surface area contributed by atoms with Gasteiger partial charge in [-0.3, -0.25) is 4.79 Å². The molecule has 1 nitrogen and oxygen atoms in total. The third-order valence-electron chi connectivity index (χ3n) is 3.85. The molecule has 0 heterocycles. The predicted molar refractivity (Wildman–Crippen MR) is 62.7 cm³/mol. The van der Waals surface area contributed by atoms with Crippen LogP contribution < -0.4 is 0 Å². The molecule has 0 aliphatic heterocycles. The second-order valence-corrected chi connectivity index (χ2v) is 5.17. The molecule has 84 valence electrons. The van der Waals surface area contributed by atoms with Gasteiger partial charge in [-0.15, -0.1) is 0 Å².